The molecule has 31 heavy (non-hydrogen) atoms. The number of carbonyl (C=O) groups is 1. The summed E-state index contributed by atoms with van der Waals surface area (Å²) in [4.78, 5) is 24.0. The van der Waals surface area contributed by atoms with E-state index in [2.05, 4.69) is 22.1 Å². The molecule has 6 nitrogen and oxygen atoms in total. The number of benzene rings is 2. The van der Waals surface area contributed by atoms with Crippen LogP contribution in [0.15, 0.2) is 79.1 Å². The summed E-state index contributed by atoms with van der Waals surface area (Å²) in [6.45, 7) is 1.26. The summed E-state index contributed by atoms with van der Waals surface area (Å²) in [5.41, 5.74) is 3.35. The van der Waals surface area contributed by atoms with E-state index in [-0.39, 0.29) is 12.7 Å². The summed E-state index contributed by atoms with van der Waals surface area (Å²) in [6.07, 6.45) is 4.19. The van der Waals surface area contributed by atoms with Gasteiger partial charge < -0.3 is 14.4 Å². The lowest BCUT2D eigenvalue weighted by Gasteiger charge is -2.23. The topological polar surface area (TPSA) is 64.6 Å². The van der Waals surface area contributed by atoms with Crippen LogP contribution < -0.4 is 9.47 Å². The highest BCUT2D eigenvalue weighted by Crippen LogP contribution is 2.33. The summed E-state index contributed by atoms with van der Waals surface area (Å²) in [7, 11) is 0. The summed E-state index contributed by atoms with van der Waals surface area (Å²) < 4.78 is 10.9. The second kappa shape index (κ2) is 8.44. The summed E-state index contributed by atoms with van der Waals surface area (Å²) in [5, 5.41) is 0.908. The number of pyridine rings is 2. The van der Waals surface area contributed by atoms with Gasteiger partial charge in [-0.25, -0.2) is 4.98 Å². The molecule has 6 heteroatoms. The van der Waals surface area contributed by atoms with Crippen molar-refractivity contribution in [3.63, 3.8) is 0 Å². The van der Waals surface area contributed by atoms with Crippen molar-refractivity contribution < 1.29 is 14.3 Å². The van der Waals surface area contributed by atoms with E-state index >= 15 is 0 Å². The molecule has 0 bridgehead atoms. The Morgan fingerprint density at radius 2 is 1.81 bits per heavy atom. The van der Waals surface area contributed by atoms with Crippen LogP contribution in [0.2, 0.25) is 0 Å². The number of hydrogen-bond acceptors (Lipinski definition) is 5. The van der Waals surface area contributed by atoms with Gasteiger partial charge in [-0.2, -0.15) is 0 Å². The number of nitrogens with zero attached hydrogens (tertiary/aromatic N) is 3. The SMILES string of the molecule is O=C(c1ccc2cnccc2n1)N(CCc1ccccc1)Cc1ccc2c(c1)OCO2. The quantitative estimate of drug-likeness (QED) is 0.475. The zero-order valence-electron chi connectivity index (χ0n) is 16.9. The van der Waals surface area contributed by atoms with Crippen LogP contribution in [0.1, 0.15) is 21.6 Å². The molecule has 4 aromatic rings. The maximum Gasteiger partial charge on any atom is 0.272 e. The van der Waals surface area contributed by atoms with Crippen molar-refractivity contribution in [3.05, 3.63) is 95.9 Å². The zero-order valence-corrected chi connectivity index (χ0v) is 16.9. The standard InChI is InChI=1S/C25H21N3O3/c29-25(22-8-7-20-15-26-12-10-21(20)27-22)28(13-11-18-4-2-1-3-5-18)16-19-6-9-23-24(14-19)31-17-30-23/h1-10,12,14-15H,11,13,16-17H2. The number of carbonyl (C=O) groups excluding carboxylic acids is 1. The van der Waals surface area contributed by atoms with Crippen LogP contribution in [0.25, 0.3) is 10.9 Å². The van der Waals surface area contributed by atoms with Crippen LogP contribution in [0.5, 0.6) is 11.5 Å². The molecule has 0 fully saturated rings. The first-order valence-corrected chi connectivity index (χ1v) is 10.2. The molecule has 0 saturated carbocycles. The molecule has 0 aliphatic carbocycles. The predicted octanol–water partition coefficient (Wildman–Crippen LogP) is 4.24. The van der Waals surface area contributed by atoms with Crippen LogP contribution in [0.3, 0.4) is 0 Å². The van der Waals surface area contributed by atoms with Crippen molar-refractivity contribution in [2.24, 2.45) is 0 Å². The average Bonchev–Trinajstić information content (AvgIpc) is 3.29. The van der Waals surface area contributed by atoms with Crippen LogP contribution in [0.4, 0.5) is 0 Å². The van der Waals surface area contributed by atoms with E-state index in [1.54, 1.807) is 18.5 Å². The molecule has 1 aliphatic rings. The number of aromatic nitrogens is 2. The van der Waals surface area contributed by atoms with Gasteiger partial charge in [0.15, 0.2) is 11.5 Å². The Kier molecular flexibility index (Phi) is 5.19. The first-order valence-electron chi connectivity index (χ1n) is 10.2. The number of rotatable bonds is 6. The Labute approximate surface area is 180 Å². The monoisotopic (exact) mass is 411 g/mol. The van der Waals surface area contributed by atoms with E-state index in [0.717, 1.165) is 28.6 Å². The molecular weight excluding hydrogens is 390 g/mol. The van der Waals surface area contributed by atoms with Gasteiger partial charge in [0.05, 0.1) is 5.52 Å². The third kappa shape index (κ3) is 4.19. The van der Waals surface area contributed by atoms with E-state index in [4.69, 9.17) is 9.47 Å². The molecule has 0 N–H and O–H groups in total. The Bertz CT molecular complexity index is 1230. The van der Waals surface area contributed by atoms with Gasteiger partial charge in [-0.1, -0.05) is 36.4 Å². The normalized spacial score (nSPS) is 12.1. The summed E-state index contributed by atoms with van der Waals surface area (Å²) in [6, 6.07) is 21.4. The molecule has 3 heterocycles. The third-order valence-electron chi connectivity index (χ3n) is 5.32. The molecule has 2 aromatic heterocycles. The fraction of sp³-hybridized carbons (Fsp3) is 0.160. The number of ether oxygens (including phenoxy) is 2. The van der Waals surface area contributed by atoms with Crippen LogP contribution in [-0.4, -0.2) is 34.1 Å². The minimum atomic E-state index is -0.104. The second-order valence-corrected chi connectivity index (χ2v) is 7.41. The fourth-order valence-corrected chi connectivity index (χ4v) is 3.67. The maximum absolute atomic E-state index is 13.4. The van der Waals surface area contributed by atoms with Gasteiger partial charge in [0.2, 0.25) is 6.79 Å². The minimum absolute atomic E-state index is 0.104. The maximum atomic E-state index is 13.4. The number of amides is 1. The van der Waals surface area contributed by atoms with Gasteiger partial charge in [-0.15, -0.1) is 0 Å². The van der Waals surface area contributed by atoms with Crippen LogP contribution >= 0.6 is 0 Å². The highest BCUT2D eigenvalue weighted by Gasteiger charge is 2.20. The van der Waals surface area contributed by atoms with Crippen molar-refractivity contribution >= 4 is 16.8 Å². The highest BCUT2D eigenvalue weighted by atomic mass is 16.7. The van der Waals surface area contributed by atoms with E-state index in [1.165, 1.54) is 5.56 Å². The molecule has 0 atom stereocenters. The molecule has 1 amide bonds. The van der Waals surface area contributed by atoms with Gasteiger partial charge >= 0.3 is 0 Å². The first-order chi connectivity index (χ1) is 15.3. The van der Waals surface area contributed by atoms with Crippen molar-refractivity contribution in [3.8, 4) is 11.5 Å². The second-order valence-electron chi connectivity index (χ2n) is 7.41. The van der Waals surface area contributed by atoms with Gasteiger partial charge in [0.25, 0.3) is 5.91 Å². The zero-order chi connectivity index (χ0) is 21.0. The largest absolute Gasteiger partial charge is 0.454 e. The van der Waals surface area contributed by atoms with E-state index in [0.29, 0.717) is 24.5 Å². The Morgan fingerprint density at radius 3 is 2.71 bits per heavy atom. The Hall–Kier alpha value is -3.93. The van der Waals surface area contributed by atoms with Gasteiger partial charge in [0.1, 0.15) is 5.69 Å². The summed E-state index contributed by atoms with van der Waals surface area (Å²) in [5.74, 6) is 1.34. The van der Waals surface area contributed by atoms with Crippen molar-refractivity contribution in [1.29, 1.82) is 0 Å². The molecule has 2 aromatic carbocycles. The Morgan fingerprint density at radius 1 is 0.935 bits per heavy atom. The van der Waals surface area contributed by atoms with Crippen molar-refractivity contribution in [2.45, 2.75) is 13.0 Å². The third-order valence-corrected chi connectivity index (χ3v) is 5.32. The molecular formula is C25H21N3O3. The van der Waals surface area contributed by atoms with E-state index in [1.807, 2.05) is 53.4 Å². The average molecular weight is 411 g/mol. The predicted molar refractivity (Wildman–Crippen MR) is 117 cm³/mol. The van der Waals surface area contributed by atoms with Crippen LogP contribution in [0, 0.1) is 0 Å². The van der Waals surface area contributed by atoms with E-state index < -0.39 is 0 Å². The molecule has 0 spiro atoms. The molecule has 1 aliphatic heterocycles. The molecule has 5 rings (SSSR count). The fourth-order valence-electron chi connectivity index (χ4n) is 3.67. The van der Waals surface area contributed by atoms with Crippen molar-refractivity contribution in [1.82, 2.24) is 14.9 Å². The molecule has 0 radical (unpaired) electrons. The molecule has 0 unspecified atom stereocenters. The smallest absolute Gasteiger partial charge is 0.272 e. The van der Waals surface area contributed by atoms with E-state index in [9.17, 15) is 4.79 Å². The van der Waals surface area contributed by atoms with Crippen molar-refractivity contribution in [2.75, 3.05) is 13.3 Å². The molecule has 0 saturated heterocycles. The van der Waals surface area contributed by atoms with Gasteiger partial charge in [0, 0.05) is 30.9 Å². The lowest BCUT2D eigenvalue weighted by atomic mass is 10.1. The number of fused-ring (bicyclic) bond motifs is 2. The van der Waals surface area contributed by atoms with Gasteiger partial charge in [-0.05, 0) is 47.9 Å². The van der Waals surface area contributed by atoms with Crippen LogP contribution in [-0.2, 0) is 13.0 Å². The lowest BCUT2D eigenvalue weighted by Crippen LogP contribution is -2.33. The summed E-state index contributed by atoms with van der Waals surface area (Å²) >= 11 is 0. The minimum Gasteiger partial charge on any atom is -0.454 e. The van der Waals surface area contributed by atoms with Gasteiger partial charge in [-0.3, -0.25) is 9.78 Å². The Balaban J connectivity index is 1.42. The highest BCUT2D eigenvalue weighted by molar-refractivity contribution is 5.94. The number of hydrogen-bond donors (Lipinski definition) is 0. The lowest BCUT2D eigenvalue weighted by molar-refractivity contribution is 0.0739. The first kappa shape index (κ1) is 19.1. The molecule has 154 valence electrons.